The summed E-state index contributed by atoms with van der Waals surface area (Å²) in [6.07, 6.45) is 1.96. The molecule has 1 aliphatic heterocycles. The number of piperazine rings is 1. The SMILES string of the molecule is COc1ccccc1N1CCN(CCNC(=O)C(=O)NC2CC2)CC1. The molecule has 3 rings (SSSR count). The maximum absolute atomic E-state index is 11.7. The number of carbonyl (C=O) groups is 2. The maximum atomic E-state index is 11.7. The molecule has 7 heteroatoms. The molecule has 1 saturated heterocycles. The number of nitrogens with zero attached hydrogens (tertiary/aromatic N) is 2. The first-order valence-electron chi connectivity index (χ1n) is 8.86. The highest BCUT2D eigenvalue weighted by atomic mass is 16.5. The maximum Gasteiger partial charge on any atom is 0.309 e. The van der Waals surface area contributed by atoms with Gasteiger partial charge in [0, 0.05) is 45.3 Å². The molecule has 0 bridgehead atoms. The molecule has 0 spiro atoms. The zero-order valence-corrected chi connectivity index (χ0v) is 14.7. The van der Waals surface area contributed by atoms with Gasteiger partial charge in [-0.25, -0.2) is 0 Å². The highest BCUT2D eigenvalue weighted by molar-refractivity contribution is 6.35. The molecule has 2 fully saturated rings. The Kier molecular flexibility index (Phi) is 5.75. The van der Waals surface area contributed by atoms with Crippen molar-refractivity contribution in [2.45, 2.75) is 18.9 Å². The summed E-state index contributed by atoms with van der Waals surface area (Å²) < 4.78 is 5.43. The molecule has 0 aromatic heterocycles. The van der Waals surface area contributed by atoms with Gasteiger partial charge in [0.1, 0.15) is 5.75 Å². The van der Waals surface area contributed by atoms with E-state index >= 15 is 0 Å². The van der Waals surface area contributed by atoms with Crippen LogP contribution in [0, 0.1) is 0 Å². The molecule has 0 radical (unpaired) electrons. The summed E-state index contributed by atoms with van der Waals surface area (Å²) in [6, 6.07) is 8.26. The Morgan fingerprint density at radius 1 is 1.12 bits per heavy atom. The fourth-order valence-electron chi connectivity index (χ4n) is 2.99. The largest absolute Gasteiger partial charge is 0.495 e. The zero-order chi connectivity index (χ0) is 17.6. The molecule has 7 nitrogen and oxygen atoms in total. The van der Waals surface area contributed by atoms with Crippen LogP contribution in [0.2, 0.25) is 0 Å². The molecule has 1 heterocycles. The predicted molar refractivity (Wildman–Crippen MR) is 95.8 cm³/mol. The molecular formula is C18H26N4O3. The van der Waals surface area contributed by atoms with Gasteiger partial charge in [0.2, 0.25) is 0 Å². The summed E-state index contributed by atoms with van der Waals surface area (Å²) in [7, 11) is 1.69. The Labute approximate surface area is 148 Å². The Morgan fingerprint density at radius 2 is 1.84 bits per heavy atom. The fourth-order valence-corrected chi connectivity index (χ4v) is 2.99. The van der Waals surface area contributed by atoms with Crippen LogP contribution < -0.4 is 20.3 Å². The average Bonchev–Trinajstić information content (AvgIpc) is 3.46. The molecule has 2 N–H and O–H groups in total. The molecule has 136 valence electrons. The minimum atomic E-state index is -0.528. The quantitative estimate of drug-likeness (QED) is 0.721. The molecule has 1 aromatic rings. The van der Waals surface area contributed by atoms with E-state index in [1.807, 2.05) is 18.2 Å². The van der Waals surface area contributed by atoms with Gasteiger partial charge in [0.25, 0.3) is 0 Å². The van der Waals surface area contributed by atoms with Gasteiger partial charge < -0.3 is 20.3 Å². The number of anilines is 1. The number of hydrogen-bond donors (Lipinski definition) is 2. The minimum Gasteiger partial charge on any atom is -0.495 e. The monoisotopic (exact) mass is 346 g/mol. The Morgan fingerprint density at radius 3 is 2.52 bits per heavy atom. The third kappa shape index (κ3) is 4.85. The van der Waals surface area contributed by atoms with Gasteiger partial charge in [-0.3, -0.25) is 14.5 Å². The second-order valence-electron chi connectivity index (χ2n) is 6.50. The summed E-state index contributed by atoms with van der Waals surface area (Å²) in [5, 5.41) is 5.39. The second kappa shape index (κ2) is 8.20. The number of nitrogens with one attached hydrogen (secondary N) is 2. The van der Waals surface area contributed by atoms with Gasteiger partial charge in [-0.2, -0.15) is 0 Å². The van der Waals surface area contributed by atoms with Crippen molar-refractivity contribution in [1.29, 1.82) is 0 Å². The lowest BCUT2D eigenvalue weighted by molar-refractivity contribution is -0.139. The zero-order valence-electron chi connectivity index (χ0n) is 14.7. The highest BCUT2D eigenvalue weighted by Gasteiger charge is 2.26. The van der Waals surface area contributed by atoms with Crippen LogP contribution in [-0.4, -0.2) is 69.1 Å². The van der Waals surface area contributed by atoms with E-state index in [0.717, 1.165) is 57.0 Å². The molecule has 0 atom stereocenters. The number of benzene rings is 1. The lowest BCUT2D eigenvalue weighted by atomic mass is 10.2. The first-order chi connectivity index (χ1) is 12.2. The van der Waals surface area contributed by atoms with E-state index in [1.54, 1.807) is 7.11 Å². The van der Waals surface area contributed by atoms with Crippen molar-refractivity contribution in [2.24, 2.45) is 0 Å². The van der Waals surface area contributed by atoms with Crippen molar-refractivity contribution in [3.63, 3.8) is 0 Å². The van der Waals surface area contributed by atoms with Crippen LogP contribution in [0.3, 0.4) is 0 Å². The van der Waals surface area contributed by atoms with Crippen LogP contribution in [0.25, 0.3) is 0 Å². The fraction of sp³-hybridized carbons (Fsp3) is 0.556. The standard InChI is InChI=1S/C18H26N4O3/c1-25-16-5-3-2-4-15(16)22-12-10-21(11-13-22)9-8-19-17(23)18(24)20-14-6-7-14/h2-5,14H,6-13H2,1H3,(H,19,23)(H,20,24). The van der Waals surface area contributed by atoms with Crippen molar-refractivity contribution < 1.29 is 14.3 Å². The van der Waals surface area contributed by atoms with E-state index in [4.69, 9.17) is 4.74 Å². The Hall–Kier alpha value is -2.28. The summed E-state index contributed by atoms with van der Waals surface area (Å²) in [5.41, 5.74) is 1.12. The smallest absolute Gasteiger partial charge is 0.309 e. The van der Waals surface area contributed by atoms with Crippen molar-refractivity contribution in [3.05, 3.63) is 24.3 Å². The van der Waals surface area contributed by atoms with Crippen molar-refractivity contribution in [3.8, 4) is 5.75 Å². The average molecular weight is 346 g/mol. The number of hydrogen-bond acceptors (Lipinski definition) is 5. The van der Waals surface area contributed by atoms with Gasteiger partial charge >= 0.3 is 11.8 Å². The Bertz CT molecular complexity index is 610. The second-order valence-corrected chi connectivity index (χ2v) is 6.50. The topological polar surface area (TPSA) is 73.9 Å². The van der Waals surface area contributed by atoms with Gasteiger partial charge in [-0.1, -0.05) is 12.1 Å². The molecule has 1 aliphatic carbocycles. The van der Waals surface area contributed by atoms with E-state index in [0.29, 0.717) is 6.54 Å². The molecule has 1 saturated carbocycles. The number of amides is 2. The van der Waals surface area contributed by atoms with E-state index in [2.05, 4.69) is 26.5 Å². The highest BCUT2D eigenvalue weighted by Crippen LogP contribution is 2.28. The molecule has 2 aliphatic rings. The van der Waals surface area contributed by atoms with Gasteiger partial charge in [0.05, 0.1) is 12.8 Å². The number of carbonyl (C=O) groups excluding carboxylic acids is 2. The van der Waals surface area contributed by atoms with Crippen LogP contribution in [0.5, 0.6) is 5.75 Å². The molecule has 0 unspecified atom stereocenters. The summed E-state index contributed by atoms with van der Waals surface area (Å²) in [5.74, 6) is -0.145. The van der Waals surface area contributed by atoms with E-state index in [1.165, 1.54) is 0 Å². The van der Waals surface area contributed by atoms with Crippen LogP contribution in [0.15, 0.2) is 24.3 Å². The van der Waals surface area contributed by atoms with Crippen LogP contribution in [0.1, 0.15) is 12.8 Å². The van der Waals surface area contributed by atoms with Crippen molar-refractivity contribution >= 4 is 17.5 Å². The Balaban J connectivity index is 1.37. The third-order valence-electron chi connectivity index (χ3n) is 4.63. The molecule has 2 amide bonds. The van der Waals surface area contributed by atoms with E-state index in [9.17, 15) is 9.59 Å². The van der Waals surface area contributed by atoms with E-state index < -0.39 is 11.8 Å². The lowest BCUT2D eigenvalue weighted by Gasteiger charge is -2.36. The molecule has 1 aromatic carbocycles. The third-order valence-corrected chi connectivity index (χ3v) is 4.63. The first kappa shape index (κ1) is 17.5. The van der Waals surface area contributed by atoms with Crippen LogP contribution in [0.4, 0.5) is 5.69 Å². The summed E-state index contributed by atoms with van der Waals surface area (Å²) in [4.78, 5) is 27.9. The molecule has 25 heavy (non-hydrogen) atoms. The van der Waals surface area contributed by atoms with Crippen molar-refractivity contribution in [2.75, 3.05) is 51.3 Å². The predicted octanol–water partition coefficient (Wildman–Crippen LogP) is 0.212. The number of ether oxygens (including phenoxy) is 1. The number of methoxy groups -OCH3 is 1. The van der Waals surface area contributed by atoms with Gasteiger partial charge in [0.15, 0.2) is 0 Å². The van der Waals surface area contributed by atoms with Crippen molar-refractivity contribution in [1.82, 2.24) is 15.5 Å². The molecular weight excluding hydrogens is 320 g/mol. The van der Waals surface area contributed by atoms with Gasteiger partial charge in [-0.15, -0.1) is 0 Å². The summed E-state index contributed by atoms with van der Waals surface area (Å²) >= 11 is 0. The lowest BCUT2D eigenvalue weighted by Crippen LogP contribution is -2.49. The first-order valence-corrected chi connectivity index (χ1v) is 8.86. The van der Waals surface area contributed by atoms with Gasteiger partial charge in [-0.05, 0) is 25.0 Å². The number of para-hydroxylation sites is 2. The number of rotatable bonds is 6. The normalized spacial score (nSPS) is 17.9. The van der Waals surface area contributed by atoms with Crippen LogP contribution >= 0.6 is 0 Å². The van der Waals surface area contributed by atoms with E-state index in [-0.39, 0.29) is 6.04 Å². The minimum absolute atomic E-state index is 0.210. The summed E-state index contributed by atoms with van der Waals surface area (Å²) in [6.45, 7) is 4.91. The van der Waals surface area contributed by atoms with Crippen LogP contribution in [-0.2, 0) is 9.59 Å².